The van der Waals surface area contributed by atoms with Crippen LogP contribution in [0.15, 0.2) is 12.3 Å². The maximum Gasteiger partial charge on any atom is 0.412 e. The zero-order valence-electron chi connectivity index (χ0n) is 11.2. The van der Waals surface area contributed by atoms with Gasteiger partial charge in [-0.3, -0.25) is 15.1 Å². The van der Waals surface area contributed by atoms with Gasteiger partial charge < -0.3 is 10.1 Å². The molecule has 1 aromatic rings. The van der Waals surface area contributed by atoms with Gasteiger partial charge >= 0.3 is 6.09 Å². The largest absolute Gasteiger partial charge is 0.444 e. The highest BCUT2D eigenvalue weighted by Crippen LogP contribution is 2.23. The molecule has 2 N–H and O–H groups in total. The molecule has 1 aliphatic heterocycles. The van der Waals surface area contributed by atoms with E-state index in [1.165, 1.54) is 0 Å². The minimum absolute atomic E-state index is 0.0382. The van der Waals surface area contributed by atoms with Crippen LogP contribution in [0.2, 0.25) is 0 Å². The molecule has 6 heteroatoms. The summed E-state index contributed by atoms with van der Waals surface area (Å²) in [5.74, 6) is -0.0382. The lowest BCUT2D eigenvalue weighted by atomic mass is 10.1. The van der Waals surface area contributed by atoms with Crippen molar-refractivity contribution in [2.24, 2.45) is 0 Å². The standard InChI is InChI=1S/C13H17N3O3/c1-13(2,3)19-12(18)15-8-6-10-9(14-7-8)4-5-11(17)16-10/h6-7H,4-5H2,1-3H3,(H,15,18)(H,16,17). The van der Waals surface area contributed by atoms with Crippen LogP contribution in [-0.4, -0.2) is 22.6 Å². The van der Waals surface area contributed by atoms with Gasteiger partial charge in [0, 0.05) is 12.8 Å². The summed E-state index contributed by atoms with van der Waals surface area (Å²) in [5, 5.41) is 5.32. The van der Waals surface area contributed by atoms with Crippen molar-refractivity contribution in [2.75, 3.05) is 10.6 Å². The lowest BCUT2D eigenvalue weighted by molar-refractivity contribution is -0.116. The van der Waals surface area contributed by atoms with E-state index in [0.717, 1.165) is 5.69 Å². The molecule has 6 nitrogen and oxygen atoms in total. The molecule has 1 aliphatic rings. The molecular formula is C13H17N3O3. The minimum atomic E-state index is -0.556. The number of nitrogens with one attached hydrogen (secondary N) is 2. The molecule has 0 saturated heterocycles. The van der Waals surface area contributed by atoms with Gasteiger partial charge in [-0.05, 0) is 26.8 Å². The van der Waals surface area contributed by atoms with Crippen LogP contribution >= 0.6 is 0 Å². The lowest BCUT2D eigenvalue weighted by Crippen LogP contribution is -2.27. The molecule has 0 unspecified atom stereocenters. The first kappa shape index (κ1) is 13.3. The SMILES string of the molecule is CC(C)(C)OC(=O)Nc1cnc2c(c1)NC(=O)CC2. The van der Waals surface area contributed by atoms with Crippen LogP contribution in [0.4, 0.5) is 16.2 Å². The Hall–Kier alpha value is -2.11. The first-order valence-corrected chi connectivity index (χ1v) is 6.12. The van der Waals surface area contributed by atoms with Gasteiger partial charge in [-0.15, -0.1) is 0 Å². The van der Waals surface area contributed by atoms with E-state index in [9.17, 15) is 9.59 Å². The second-order valence-electron chi connectivity index (χ2n) is 5.39. The van der Waals surface area contributed by atoms with E-state index in [1.54, 1.807) is 33.0 Å². The Morgan fingerprint density at radius 2 is 2.16 bits per heavy atom. The maximum absolute atomic E-state index is 11.6. The van der Waals surface area contributed by atoms with Gasteiger partial charge in [0.05, 0.1) is 23.3 Å². The number of hydrogen-bond donors (Lipinski definition) is 2. The summed E-state index contributed by atoms with van der Waals surface area (Å²) in [6.45, 7) is 5.37. The Labute approximate surface area is 111 Å². The molecule has 0 spiro atoms. The number of hydrogen-bond acceptors (Lipinski definition) is 4. The fourth-order valence-corrected chi connectivity index (χ4v) is 1.73. The molecule has 2 heterocycles. The summed E-state index contributed by atoms with van der Waals surface area (Å²) in [6, 6.07) is 1.68. The molecule has 0 atom stereocenters. The van der Waals surface area contributed by atoms with Crippen molar-refractivity contribution in [3.05, 3.63) is 18.0 Å². The molecule has 1 aromatic heterocycles. The number of ether oxygens (including phenoxy) is 1. The number of anilines is 2. The van der Waals surface area contributed by atoms with E-state index in [-0.39, 0.29) is 5.91 Å². The van der Waals surface area contributed by atoms with E-state index < -0.39 is 11.7 Å². The van der Waals surface area contributed by atoms with Crippen molar-refractivity contribution in [1.82, 2.24) is 4.98 Å². The molecule has 102 valence electrons. The number of carbonyl (C=O) groups excluding carboxylic acids is 2. The summed E-state index contributed by atoms with van der Waals surface area (Å²) in [5.41, 5.74) is 1.41. The maximum atomic E-state index is 11.6. The quantitative estimate of drug-likeness (QED) is 0.814. The van der Waals surface area contributed by atoms with Gasteiger partial charge in [0.25, 0.3) is 0 Å². The van der Waals surface area contributed by atoms with Crippen LogP contribution in [-0.2, 0) is 16.0 Å². The second-order valence-corrected chi connectivity index (χ2v) is 5.39. The first-order chi connectivity index (χ1) is 8.83. The number of fused-ring (bicyclic) bond motifs is 1. The molecule has 2 amide bonds. The Morgan fingerprint density at radius 3 is 2.84 bits per heavy atom. The highest BCUT2D eigenvalue weighted by atomic mass is 16.6. The number of rotatable bonds is 1. The number of aryl methyl sites for hydroxylation is 1. The van der Waals surface area contributed by atoms with Gasteiger partial charge in [-0.1, -0.05) is 0 Å². The molecule has 0 fully saturated rings. The predicted octanol–water partition coefficient (Wildman–Crippen LogP) is 2.31. The Balaban J connectivity index is 2.08. The third-order valence-electron chi connectivity index (χ3n) is 2.48. The van der Waals surface area contributed by atoms with Gasteiger partial charge in [-0.25, -0.2) is 4.79 Å². The van der Waals surface area contributed by atoms with Crippen LogP contribution in [0.5, 0.6) is 0 Å². The molecule has 2 rings (SSSR count). The highest BCUT2D eigenvalue weighted by Gasteiger charge is 2.19. The summed E-state index contributed by atoms with van der Waals surface area (Å²) in [6.07, 6.45) is 2.07. The van der Waals surface area contributed by atoms with E-state index >= 15 is 0 Å². The minimum Gasteiger partial charge on any atom is -0.444 e. The van der Waals surface area contributed by atoms with E-state index in [4.69, 9.17) is 4.74 Å². The lowest BCUT2D eigenvalue weighted by Gasteiger charge is -2.20. The molecule has 0 aliphatic carbocycles. The van der Waals surface area contributed by atoms with Crippen molar-refractivity contribution in [3.8, 4) is 0 Å². The second kappa shape index (κ2) is 4.87. The third-order valence-corrected chi connectivity index (χ3v) is 2.48. The van der Waals surface area contributed by atoms with Crippen molar-refractivity contribution < 1.29 is 14.3 Å². The van der Waals surface area contributed by atoms with Crippen LogP contribution in [0, 0.1) is 0 Å². The topological polar surface area (TPSA) is 80.3 Å². The number of aromatic nitrogens is 1. The fourth-order valence-electron chi connectivity index (χ4n) is 1.73. The van der Waals surface area contributed by atoms with E-state index in [0.29, 0.717) is 24.2 Å². The molecular weight excluding hydrogens is 246 g/mol. The smallest absolute Gasteiger partial charge is 0.412 e. The van der Waals surface area contributed by atoms with E-state index in [2.05, 4.69) is 15.6 Å². The molecule has 0 bridgehead atoms. The highest BCUT2D eigenvalue weighted by molar-refractivity contribution is 5.94. The summed E-state index contributed by atoms with van der Waals surface area (Å²) < 4.78 is 5.14. The zero-order chi connectivity index (χ0) is 14.0. The van der Waals surface area contributed by atoms with Crippen LogP contribution in [0.3, 0.4) is 0 Å². The number of amides is 2. The van der Waals surface area contributed by atoms with Crippen molar-refractivity contribution in [1.29, 1.82) is 0 Å². The number of carbonyl (C=O) groups is 2. The molecule has 0 saturated carbocycles. The van der Waals surface area contributed by atoms with Crippen LogP contribution in [0.1, 0.15) is 32.9 Å². The Kier molecular flexibility index (Phi) is 3.42. The van der Waals surface area contributed by atoms with E-state index in [1.807, 2.05) is 0 Å². The summed E-state index contributed by atoms with van der Waals surface area (Å²) >= 11 is 0. The van der Waals surface area contributed by atoms with Crippen molar-refractivity contribution >= 4 is 23.4 Å². The Bertz CT molecular complexity index is 520. The normalized spacial score (nSPS) is 14.4. The molecule has 0 aromatic carbocycles. The van der Waals surface area contributed by atoms with Crippen molar-refractivity contribution in [3.63, 3.8) is 0 Å². The van der Waals surface area contributed by atoms with Gasteiger partial charge in [0.15, 0.2) is 0 Å². The first-order valence-electron chi connectivity index (χ1n) is 6.12. The zero-order valence-corrected chi connectivity index (χ0v) is 11.2. The summed E-state index contributed by atoms with van der Waals surface area (Å²) in [4.78, 5) is 27.1. The summed E-state index contributed by atoms with van der Waals surface area (Å²) in [7, 11) is 0. The number of pyridine rings is 1. The average molecular weight is 263 g/mol. The van der Waals surface area contributed by atoms with Gasteiger partial charge in [0.2, 0.25) is 5.91 Å². The van der Waals surface area contributed by atoms with Gasteiger partial charge in [-0.2, -0.15) is 0 Å². The predicted molar refractivity (Wildman–Crippen MR) is 71.0 cm³/mol. The molecule has 19 heavy (non-hydrogen) atoms. The number of nitrogens with zero attached hydrogens (tertiary/aromatic N) is 1. The monoisotopic (exact) mass is 263 g/mol. The van der Waals surface area contributed by atoms with Gasteiger partial charge in [0.1, 0.15) is 5.60 Å². The van der Waals surface area contributed by atoms with Crippen LogP contribution < -0.4 is 10.6 Å². The Morgan fingerprint density at radius 1 is 1.42 bits per heavy atom. The average Bonchev–Trinajstić information content (AvgIpc) is 2.25. The molecule has 0 radical (unpaired) electrons. The fraction of sp³-hybridized carbons (Fsp3) is 0.462. The third kappa shape index (κ3) is 3.67. The van der Waals surface area contributed by atoms with Crippen molar-refractivity contribution in [2.45, 2.75) is 39.2 Å². The van der Waals surface area contributed by atoms with Crippen LogP contribution in [0.25, 0.3) is 0 Å².